The molecule has 1 aromatic heterocycles. The summed E-state index contributed by atoms with van der Waals surface area (Å²) in [5.74, 6) is 0.531. The molecular weight excluding hydrogens is 410 g/mol. The standard InChI is InChI=1S/C17H12ClN3O2S3/c18-11-5-3-10(4-6-11)15(24)20-14(19)8-13-16(22)21(17(25)26-13)9-12-2-1-7-23-12/h1-8H,9H2,(H2,19,20,24)/b13-8+. The molecule has 1 saturated heterocycles. The van der Waals surface area contributed by atoms with Crippen LogP contribution in [0.4, 0.5) is 0 Å². The molecule has 0 saturated carbocycles. The Morgan fingerprint density at radius 1 is 1.35 bits per heavy atom. The van der Waals surface area contributed by atoms with Gasteiger partial charge in [-0.1, -0.05) is 59.9 Å². The predicted octanol–water partition coefficient (Wildman–Crippen LogP) is 3.91. The SMILES string of the molecule is NC(/C=C1/SC(=S)N(Cc2ccco2)C1=O)=NC(=S)c1ccc(Cl)cc1. The van der Waals surface area contributed by atoms with Crippen molar-refractivity contribution >= 4 is 68.9 Å². The normalized spacial score (nSPS) is 16.6. The molecule has 0 radical (unpaired) electrons. The first-order valence-corrected chi connectivity index (χ1v) is 9.37. The molecule has 2 heterocycles. The molecule has 5 nitrogen and oxygen atoms in total. The third-order valence-corrected chi connectivity index (χ3v) is 5.33. The van der Waals surface area contributed by atoms with E-state index in [4.69, 9.17) is 46.2 Å². The molecule has 0 bridgehead atoms. The molecule has 2 N–H and O–H groups in total. The lowest BCUT2D eigenvalue weighted by molar-refractivity contribution is -0.122. The van der Waals surface area contributed by atoms with Crippen molar-refractivity contribution in [3.05, 3.63) is 70.0 Å². The maximum atomic E-state index is 12.5. The van der Waals surface area contributed by atoms with Gasteiger partial charge in [-0.25, -0.2) is 4.99 Å². The van der Waals surface area contributed by atoms with E-state index in [1.54, 1.807) is 42.7 Å². The van der Waals surface area contributed by atoms with Gasteiger partial charge >= 0.3 is 0 Å². The lowest BCUT2D eigenvalue weighted by Gasteiger charge is -2.11. The summed E-state index contributed by atoms with van der Waals surface area (Å²) in [6.07, 6.45) is 3.02. The van der Waals surface area contributed by atoms with E-state index in [0.29, 0.717) is 30.6 Å². The van der Waals surface area contributed by atoms with E-state index >= 15 is 0 Å². The number of carbonyl (C=O) groups excluding carboxylic acids is 1. The number of rotatable bonds is 4. The van der Waals surface area contributed by atoms with Crippen LogP contribution < -0.4 is 5.73 Å². The van der Waals surface area contributed by atoms with Crippen molar-refractivity contribution in [2.45, 2.75) is 6.54 Å². The summed E-state index contributed by atoms with van der Waals surface area (Å²) in [5, 5.41) is 0.605. The van der Waals surface area contributed by atoms with Crippen molar-refractivity contribution in [3.8, 4) is 0 Å². The van der Waals surface area contributed by atoms with Gasteiger partial charge in [-0.2, -0.15) is 0 Å². The Labute approximate surface area is 169 Å². The zero-order valence-electron chi connectivity index (χ0n) is 13.2. The third kappa shape index (κ3) is 4.39. The van der Waals surface area contributed by atoms with Gasteiger partial charge < -0.3 is 10.2 Å². The number of hydrogen-bond donors (Lipinski definition) is 1. The Bertz CT molecular complexity index is 921. The van der Waals surface area contributed by atoms with Crippen LogP contribution >= 0.6 is 47.8 Å². The van der Waals surface area contributed by atoms with Gasteiger partial charge in [-0.3, -0.25) is 9.69 Å². The van der Waals surface area contributed by atoms with Crippen LogP contribution in [0.5, 0.6) is 0 Å². The van der Waals surface area contributed by atoms with Gasteiger partial charge in [0.05, 0.1) is 17.7 Å². The van der Waals surface area contributed by atoms with E-state index in [1.807, 2.05) is 0 Å². The second-order valence-corrected chi connectivity index (χ2v) is 7.69. The molecule has 2 aromatic rings. The molecule has 3 rings (SSSR count). The first-order valence-electron chi connectivity index (χ1n) is 7.36. The zero-order chi connectivity index (χ0) is 18.7. The quantitative estimate of drug-likeness (QED) is 0.349. The maximum Gasteiger partial charge on any atom is 0.266 e. The van der Waals surface area contributed by atoms with E-state index in [2.05, 4.69) is 4.99 Å². The van der Waals surface area contributed by atoms with E-state index in [0.717, 1.165) is 11.8 Å². The largest absolute Gasteiger partial charge is 0.467 e. The number of carbonyl (C=O) groups is 1. The molecule has 9 heteroatoms. The Morgan fingerprint density at radius 2 is 2.08 bits per heavy atom. The van der Waals surface area contributed by atoms with Crippen LogP contribution in [-0.4, -0.2) is 26.0 Å². The Balaban J connectivity index is 1.74. The molecule has 1 aromatic carbocycles. The van der Waals surface area contributed by atoms with Crippen LogP contribution in [0.15, 0.2) is 63.1 Å². The molecule has 1 aliphatic heterocycles. The van der Waals surface area contributed by atoms with Crippen molar-refractivity contribution in [2.75, 3.05) is 0 Å². The third-order valence-electron chi connectivity index (χ3n) is 3.37. The predicted molar refractivity (Wildman–Crippen MR) is 112 cm³/mol. The van der Waals surface area contributed by atoms with Crippen LogP contribution in [0.2, 0.25) is 5.02 Å². The molecule has 0 spiro atoms. The monoisotopic (exact) mass is 421 g/mol. The minimum atomic E-state index is -0.244. The van der Waals surface area contributed by atoms with Crippen molar-refractivity contribution in [2.24, 2.45) is 10.7 Å². The number of amidine groups is 1. The molecule has 132 valence electrons. The lowest BCUT2D eigenvalue weighted by Crippen LogP contribution is -2.27. The molecule has 0 aliphatic carbocycles. The molecule has 1 amide bonds. The van der Waals surface area contributed by atoms with Gasteiger partial charge in [0.1, 0.15) is 20.9 Å². The van der Waals surface area contributed by atoms with Gasteiger partial charge in [0.25, 0.3) is 5.91 Å². The summed E-state index contributed by atoms with van der Waals surface area (Å²) in [4.78, 5) is 18.8. The number of hydrogen-bond acceptors (Lipinski definition) is 5. The van der Waals surface area contributed by atoms with E-state index in [-0.39, 0.29) is 18.3 Å². The number of nitrogens with zero attached hydrogens (tertiary/aromatic N) is 2. The highest BCUT2D eigenvalue weighted by Gasteiger charge is 2.32. The first kappa shape index (κ1) is 18.8. The fraction of sp³-hybridized carbons (Fsp3) is 0.0588. The van der Waals surface area contributed by atoms with Crippen LogP contribution in [0.1, 0.15) is 11.3 Å². The van der Waals surface area contributed by atoms with Gasteiger partial charge in [-0.15, -0.1) is 0 Å². The van der Waals surface area contributed by atoms with E-state index < -0.39 is 0 Å². The molecule has 1 fully saturated rings. The number of aliphatic imine (C=N–C) groups is 1. The fourth-order valence-electron chi connectivity index (χ4n) is 2.14. The number of thiocarbonyl (C=S) groups is 2. The van der Waals surface area contributed by atoms with Crippen LogP contribution in [0.3, 0.4) is 0 Å². The van der Waals surface area contributed by atoms with Crippen molar-refractivity contribution < 1.29 is 9.21 Å². The number of nitrogens with two attached hydrogens (primary N) is 1. The zero-order valence-corrected chi connectivity index (χ0v) is 16.4. The highest BCUT2D eigenvalue weighted by Crippen LogP contribution is 2.32. The summed E-state index contributed by atoms with van der Waals surface area (Å²) in [5.41, 5.74) is 6.64. The number of halogens is 1. The number of benzene rings is 1. The van der Waals surface area contributed by atoms with Gasteiger partial charge in [0.15, 0.2) is 0 Å². The number of furan rings is 1. The summed E-state index contributed by atoms with van der Waals surface area (Å²) in [6.45, 7) is 0.273. The molecule has 0 unspecified atom stereocenters. The maximum absolute atomic E-state index is 12.5. The second-order valence-electron chi connectivity index (χ2n) is 5.20. The Morgan fingerprint density at radius 3 is 2.73 bits per heavy atom. The summed E-state index contributed by atoms with van der Waals surface area (Å²) < 4.78 is 5.70. The highest BCUT2D eigenvalue weighted by molar-refractivity contribution is 8.26. The van der Waals surface area contributed by atoms with Crippen molar-refractivity contribution in [3.63, 3.8) is 0 Å². The number of amides is 1. The molecular formula is C17H12ClN3O2S3. The van der Waals surface area contributed by atoms with Crippen molar-refractivity contribution in [1.82, 2.24) is 4.90 Å². The van der Waals surface area contributed by atoms with Crippen LogP contribution in [-0.2, 0) is 11.3 Å². The lowest BCUT2D eigenvalue weighted by atomic mass is 10.2. The molecule has 1 aliphatic rings. The minimum Gasteiger partial charge on any atom is -0.467 e. The van der Waals surface area contributed by atoms with Crippen molar-refractivity contribution in [1.29, 1.82) is 0 Å². The van der Waals surface area contributed by atoms with Crippen LogP contribution in [0.25, 0.3) is 0 Å². The first-order chi connectivity index (χ1) is 12.4. The Hall–Kier alpha value is -2.00. The average molecular weight is 422 g/mol. The van der Waals surface area contributed by atoms with Gasteiger partial charge in [0, 0.05) is 10.6 Å². The van der Waals surface area contributed by atoms with E-state index in [9.17, 15) is 4.79 Å². The summed E-state index contributed by atoms with van der Waals surface area (Å²) in [7, 11) is 0. The summed E-state index contributed by atoms with van der Waals surface area (Å²) >= 11 is 17.5. The second kappa shape index (κ2) is 8.13. The minimum absolute atomic E-state index is 0.128. The average Bonchev–Trinajstić information content (AvgIpc) is 3.20. The molecule has 0 atom stereocenters. The smallest absolute Gasteiger partial charge is 0.266 e. The topological polar surface area (TPSA) is 71.8 Å². The summed E-state index contributed by atoms with van der Waals surface area (Å²) in [6, 6.07) is 10.5. The fourth-order valence-corrected chi connectivity index (χ4v) is 3.74. The molecule has 26 heavy (non-hydrogen) atoms. The number of thioether (sulfide) groups is 1. The van der Waals surface area contributed by atoms with E-state index in [1.165, 1.54) is 11.0 Å². The van der Waals surface area contributed by atoms with Gasteiger partial charge in [0.2, 0.25) is 0 Å². The van der Waals surface area contributed by atoms with Gasteiger partial charge in [-0.05, 0) is 30.3 Å². The highest BCUT2D eigenvalue weighted by atomic mass is 35.5. The Kier molecular flexibility index (Phi) is 5.87. The van der Waals surface area contributed by atoms with Crippen LogP contribution in [0, 0.1) is 0 Å².